The average molecular weight is 434 g/mol. The number of nitrogens with one attached hydrogen (secondary N) is 1. The van der Waals surface area contributed by atoms with Gasteiger partial charge >= 0.3 is 0 Å². The van der Waals surface area contributed by atoms with Crippen molar-refractivity contribution in [1.29, 1.82) is 0 Å². The van der Waals surface area contributed by atoms with Crippen LogP contribution in [-0.4, -0.2) is 52.4 Å². The summed E-state index contributed by atoms with van der Waals surface area (Å²) < 4.78 is 2.08. The van der Waals surface area contributed by atoms with Gasteiger partial charge in [-0.3, -0.25) is 14.9 Å². The fraction of sp³-hybridized carbons (Fsp3) is 0.400. The number of carbonyl (C=O) groups excluding carboxylic acids is 2. The number of amides is 2. The van der Waals surface area contributed by atoms with Gasteiger partial charge in [0.15, 0.2) is 0 Å². The molecule has 3 aromatic rings. The van der Waals surface area contributed by atoms with Crippen molar-refractivity contribution in [2.45, 2.75) is 39.7 Å². The molecule has 1 aliphatic rings. The highest BCUT2D eigenvalue weighted by Crippen LogP contribution is 2.23. The average Bonchev–Trinajstić information content (AvgIpc) is 3.17. The third kappa shape index (κ3) is 4.67. The number of para-hydroxylation sites is 2. The molecule has 0 unspecified atom stereocenters. The van der Waals surface area contributed by atoms with Gasteiger partial charge in [-0.2, -0.15) is 0 Å². The van der Waals surface area contributed by atoms with E-state index in [0.717, 1.165) is 62.3 Å². The molecule has 0 atom stereocenters. The van der Waals surface area contributed by atoms with Crippen LogP contribution in [0.25, 0.3) is 11.0 Å². The fourth-order valence-electron chi connectivity index (χ4n) is 4.22. The van der Waals surface area contributed by atoms with E-state index in [0.29, 0.717) is 17.9 Å². The SMILES string of the molecule is CCN(CC)CCn1c(NC(=O)c2ccc(N3CCCCC3=O)cc2)nc2ccccc21. The molecule has 0 radical (unpaired) electrons. The molecule has 0 saturated carbocycles. The Bertz CT molecular complexity index is 1090. The molecule has 32 heavy (non-hydrogen) atoms. The molecule has 1 saturated heterocycles. The molecule has 2 aromatic carbocycles. The van der Waals surface area contributed by atoms with E-state index in [1.165, 1.54) is 0 Å². The van der Waals surface area contributed by atoms with E-state index in [-0.39, 0.29) is 11.8 Å². The summed E-state index contributed by atoms with van der Waals surface area (Å²) in [4.78, 5) is 34.0. The lowest BCUT2D eigenvalue weighted by Gasteiger charge is -2.26. The molecule has 7 heteroatoms. The smallest absolute Gasteiger partial charge is 0.257 e. The van der Waals surface area contributed by atoms with Gasteiger partial charge in [0, 0.05) is 37.3 Å². The van der Waals surface area contributed by atoms with Crippen molar-refractivity contribution in [3.8, 4) is 0 Å². The third-order valence-corrected chi connectivity index (χ3v) is 6.18. The van der Waals surface area contributed by atoms with Crippen LogP contribution in [0.4, 0.5) is 11.6 Å². The molecule has 1 aromatic heterocycles. The Morgan fingerprint density at radius 1 is 1.06 bits per heavy atom. The second kappa shape index (κ2) is 9.96. The van der Waals surface area contributed by atoms with Crippen molar-refractivity contribution in [2.75, 3.05) is 36.4 Å². The van der Waals surface area contributed by atoms with Gasteiger partial charge in [-0.05, 0) is 62.3 Å². The van der Waals surface area contributed by atoms with Crippen LogP contribution < -0.4 is 10.2 Å². The van der Waals surface area contributed by atoms with Gasteiger partial charge in [0.2, 0.25) is 11.9 Å². The highest BCUT2D eigenvalue weighted by Gasteiger charge is 2.20. The number of fused-ring (bicyclic) bond motifs is 1. The van der Waals surface area contributed by atoms with Crippen molar-refractivity contribution in [3.05, 3.63) is 54.1 Å². The zero-order valence-electron chi connectivity index (χ0n) is 18.9. The second-order valence-electron chi connectivity index (χ2n) is 8.11. The first kappa shape index (κ1) is 22.0. The number of benzene rings is 2. The molecule has 0 spiro atoms. The molecule has 0 aliphatic carbocycles. The maximum Gasteiger partial charge on any atom is 0.257 e. The highest BCUT2D eigenvalue weighted by atomic mass is 16.2. The lowest BCUT2D eigenvalue weighted by Crippen LogP contribution is -2.35. The Hall–Kier alpha value is -3.19. The molecular formula is C25H31N5O2. The number of carbonyl (C=O) groups is 2. The van der Waals surface area contributed by atoms with Crippen molar-refractivity contribution in [3.63, 3.8) is 0 Å². The maximum absolute atomic E-state index is 13.0. The lowest BCUT2D eigenvalue weighted by molar-refractivity contribution is -0.119. The van der Waals surface area contributed by atoms with Gasteiger partial charge in [-0.1, -0.05) is 26.0 Å². The number of anilines is 2. The van der Waals surface area contributed by atoms with Crippen LogP contribution in [0.3, 0.4) is 0 Å². The number of nitrogens with zero attached hydrogens (tertiary/aromatic N) is 4. The van der Waals surface area contributed by atoms with E-state index in [4.69, 9.17) is 0 Å². The van der Waals surface area contributed by atoms with E-state index < -0.39 is 0 Å². The van der Waals surface area contributed by atoms with Crippen molar-refractivity contribution in [1.82, 2.24) is 14.5 Å². The zero-order valence-corrected chi connectivity index (χ0v) is 18.9. The molecule has 168 valence electrons. The lowest BCUT2D eigenvalue weighted by atomic mass is 10.1. The van der Waals surface area contributed by atoms with Gasteiger partial charge < -0.3 is 14.4 Å². The normalized spacial score (nSPS) is 14.3. The molecule has 2 amide bonds. The number of piperidine rings is 1. The van der Waals surface area contributed by atoms with Crippen LogP contribution >= 0.6 is 0 Å². The first-order valence-corrected chi connectivity index (χ1v) is 11.5. The first-order chi connectivity index (χ1) is 15.6. The van der Waals surface area contributed by atoms with Crippen molar-refractivity contribution < 1.29 is 9.59 Å². The Morgan fingerprint density at radius 3 is 2.53 bits per heavy atom. The molecule has 0 bridgehead atoms. The Balaban J connectivity index is 1.53. The summed E-state index contributed by atoms with van der Waals surface area (Å²) in [6.45, 7) is 8.63. The number of hydrogen-bond acceptors (Lipinski definition) is 4. The van der Waals surface area contributed by atoms with Crippen molar-refractivity contribution in [2.24, 2.45) is 0 Å². The summed E-state index contributed by atoms with van der Waals surface area (Å²) in [6.07, 6.45) is 2.55. The topological polar surface area (TPSA) is 70.5 Å². The number of likely N-dealkylation sites (N-methyl/N-ethyl adjacent to an activating group) is 1. The minimum atomic E-state index is -0.207. The Morgan fingerprint density at radius 2 is 1.81 bits per heavy atom. The van der Waals surface area contributed by atoms with Gasteiger partial charge in [-0.25, -0.2) is 4.98 Å². The zero-order chi connectivity index (χ0) is 22.5. The molecule has 4 rings (SSSR count). The van der Waals surface area contributed by atoms with Crippen LogP contribution in [0.1, 0.15) is 43.5 Å². The van der Waals surface area contributed by atoms with Gasteiger partial charge in [-0.15, -0.1) is 0 Å². The molecule has 1 fully saturated rings. The van der Waals surface area contributed by atoms with Crippen LogP contribution in [0, 0.1) is 0 Å². The summed E-state index contributed by atoms with van der Waals surface area (Å²) >= 11 is 0. The van der Waals surface area contributed by atoms with E-state index >= 15 is 0 Å². The third-order valence-electron chi connectivity index (χ3n) is 6.18. The van der Waals surface area contributed by atoms with E-state index in [1.807, 2.05) is 36.4 Å². The predicted molar refractivity (Wildman–Crippen MR) is 128 cm³/mol. The standard InChI is InChI=1S/C25H31N5O2/c1-3-28(4-2)17-18-30-22-10-6-5-9-21(22)26-25(30)27-24(32)19-12-14-20(15-13-19)29-16-8-7-11-23(29)31/h5-6,9-10,12-15H,3-4,7-8,11,16-18H2,1-2H3,(H,26,27,32). The first-order valence-electron chi connectivity index (χ1n) is 11.5. The quantitative estimate of drug-likeness (QED) is 0.579. The molecular weight excluding hydrogens is 402 g/mol. The van der Waals surface area contributed by atoms with Gasteiger partial charge in [0.05, 0.1) is 11.0 Å². The van der Waals surface area contributed by atoms with Gasteiger partial charge in [0.1, 0.15) is 0 Å². The number of rotatable bonds is 8. The summed E-state index contributed by atoms with van der Waals surface area (Å²) in [5.74, 6) is 0.495. The van der Waals surface area contributed by atoms with E-state index in [9.17, 15) is 9.59 Å². The Labute approximate surface area is 189 Å². The molecule has 7 nitrogen and oxygen atoms in total. The fourth-order valence-corrected chi connectivity index (χ4v) is 4.22. The number of aromatic nitrogens is 2. The van der Waals surface area contributed by atoms with E-state index in [2.05, 4.69) is 33.6 Å². The second-order valence-corrected chi connectivity index (χ2v) is 8.11. The van der Waals surface area contributed by atoms with Crippen LogP contribution in [0.2, 0.25) is 0 Å². The monoisotopic (exact) mass is 433 g/mol. The van der Waals surface area contributed by atoms with Crippen LogP contribution in [0.15, 0.2) is 48.5 Å². The Kier molecular flexibility index (Phi) is 6.85. The summed E-state index contributed by atoms with van der Waals surface area (Å²) in [5, 5.41) is 3.00. The summed E-state index contributed by atoms with van der Waals surface area (Å²) in [7, 11) is 0. The van der Waals surface area contributed by atoms with Crippen LogP contribution in [0.5, 0.6) is 0 Å². The molecule has 1 N–H and O–H groups in total. The minimum absolute atomic E-state index is 0.148. The number of imidazole rings is 1. The predicted octanol–water partition coefficient (Wildman–Crippen LogP) is 4.15. The van der Waals surface area contributed by atoms with Crippen molar-refractivity contribution >= 4 is 34.5 Å². The van der Waals surface area contributed by atoms with Gasteiger partial charge in [0.25, 0.3) is 5.91 Å². The van der Waals surface area contributed by atoms with E-state index in [1.54, 1.807) is 17.0 Å². The largest absolute Gasteiger partial charge is 0.312 e. The minimum Gasteiger partial charge on any atom is -0.312 e. The summed E-state index contributed by atoms with van der Waals surface area (Å²) in [6, 6.07) is 15.2. The van der Waals surface area contributed by atoms with Crippen LogP contribution in [-0.2, 0) is 11.3 Å². The maximum atomic E-state index is 13.0. The molecule has 2 heterocycles. The molecule has 1 aliphatic heterocycles. The highest BCUT2D eigenvalue weighted by molar-refractivity contribution is 6.04. The summed E-state index contributed by atoms with van der Waals surface area (Å²) in [5.41, 5.74) is 3.26. The number of hydrogen-bond donors (Lipinski definition) is 1.